The zero-order valence-electron chi connectivity index (χ0n) is 19.4. The van der Waals surface area contributed by atoms with E-state index < -0.39 is 15.8 Å². The Kier molecular flexibility index (Phi) is 8.70. The van der Waals surface area contributed by atoms with Crippen LogP contribution in [0.3, 0.4) is 0 Å². The molecule has 0 aliphatic carbocycles. The van der Waals surface area contributed by atoms with Gasteiger partial charge in [0.2, 0.25) is 0 Å². The highest BCUT2D eigenvalue weighted by atomic mass is 32.2. The first-order valence-electron chi connectivity index (χ1n) is 11.3. The fraction of sp³-hybridized carbons (Fsp3) is 0.320. The van der Waals surface area contributed by atoms with Crippen LogP contribution in [-0.2, 0) is 16.6 Å². The van der Waals surface area contributed by atoms with Gasteiger partial charge in [0.25, 0.3) is 15.9 Å². The molecule has 34 heavy (non-hydrogen) atoms. The van der Waals surface area contributed by atoms with Gasteiger partial charge in [0.1, 0.15) is 11.6 Å². The van der Waals surface area contributed by atoms with Crippen molar-refractivity contribution >= 4 is 27.3 Å². The highest BCUT2D eigenvalue weighted by Gasteiger charge is 2.21. The van der Waals surface area contributed by atoms with Crippen molar-refractivity contribution in [3.63, 3.8) is 0 Å². The second kappa shape index (κ2) is 11.7. The smallest absolute Gasteiger partial charge is 0.261 e. The van der Waals surface area contributed by atoms with Crippen LogP contribution in [0.15, 0.2) is 70.2 Å². The average molecular weight is 488 g/mol. The topological polar surface area (TPSA) is 91.7 Å². The van der Waals surface area contributed by atoms with Crippen LogP contribution in [0, 0.1) is 5.82 Å². The maximum atomic E-state index is 13.2. The van der Waals surface area contributed by atoms with Crippen molar-refractivity contribution in [1.82, 2.24) is 5.32 Å². The third-order valence-electron chi connectivity index (χ3n) is 5.20. The molecule has 0 saturated heterocycles. The normalized spacial score (nSPS) is 11.3. The lowest BCUT2D eigenvalue weighted by molar-refractivity contribution is 0.0954. The van der Waals surface area contributed by atoms with Gasteiger partial charge in [-0.3, -0.25) is 9.52 Å². The van der Waals surface area contributed by atoms with Crippen molar-refractivity contribution in [3.8, 4) is 0 Å². The van der Waals surface area contributed by atoms with E-state index in [1.54, 1.807) is 18.4 Å². The van der Waals surface area contributed by atoms with E-state index in [1.807, 2.05) is 19.1 Å². The zero-order chi connectivity index (χ0) is 24.6. The SMILES string of the molecule is CCCCN(Cc1ccco1)c1ccc(NS(=O)(=O)c2ccc(F)cc2)cc1C(=O)NCCC. The van der Waals surface area contributed by atoms with Gasteiger partial charge in [0.15, 0.2) is 0 Å². The van der Waals surface area contributed by atoms with Crippen LogP contribution in [0.4, 0.5) is 15.8 Å². The van der Waals surface area contributed by atoms with Crippen LogP contribution in [0.25, 0.3) is 0 Å². The van der Waals surface area contributed by atoms with Gasteiger partial charge in [-0.2, -0.15) is 0 Å². The molecule has 1 amide bonds. The second-order valence-corrected chi connectivity index (χ2v) is 9.58. The standard InChI is InChI=1S/C25H30FN3O4S/c1-3-5-15-29(18-21-7-6-16-33-21)24-13-10-20(17-23(24)25(30)27-14-4-2)28-34(31,32)22-11-8-19(26)9-12-22/h6-13,16-17,28H,3-5,14-15,18H2,1-2H3,(H,27,30). The minimum Gasteiger partial charge on any atom is -0.467 e. The van der Waals surface area contributed by atoms with Gasteiger partial charge >= 0.3 is 0 Å². The molecule has 7 nitrogen and oxygen atoms in total. The Balaban J connectivity index is 1.97. The molecule has 0 spiro atoms. The van der Waals surface area contributed by atoms with Gasteiger partial charge in [0, 0.05) is 18.8 Å². The molecular formula is C25H30FN3O4S. The summed E-state index contributed by atoms with van der Waals surface area (Å²) in [4.78, 5) is 15.0. The number of amides is 1. The van der Waals surface area contributed by atoms with Gasteiger partial charge in [-0.15, -0.1) is 0 Å². The number of nitrogens with one attached hydrogen (secondary N) is 2. The zero-order valence-corrected chi connectivity index (χ0v) is 20.2. The quantitative estimate of drug-likeness (QED) is 0.368. The molecular weight excluding hydrogens is 457 g/mol. The number of carbonyl (C=O) groups excluding carboxylic acids is 1. The fourth-order valence-electron chi connectivity index (χ4n) is 3.44. The van der Waals surface area contributed by atoms with E-state index in [0.29, 0.717) is 30.9 Å². The fourth-order valence-corrected chi connectivity index (χ4v) is 4.49. The number of sulfonamides is 1. The molecule has 0 bridgehead atoms. The first kappa shape index (κ1) is 25.3. The number of rotatable bonds is 12. The van der Waals surface area contributed by atoms with Crippen molar-refractivity contribution < 1.29 is 22.0 Å². The summed E-state index contributed by atoms with van der Waals surface area (Å²) < 4.78 is 46.8. The summed E-state index contributed by atoms with van der Waals surface area (Å²) in [6, 6.07) is 13.1. The Morgan fingerprint density at radius 2 is 1.82 bits per heavy atom. The number of nitrogens with zero attached hydrogens (tertiary/aromatic N) is 1. The maximum Gasteiger partial charge on any atom is 0.261 e. The average Bonchev–Trinajstić information content (AvgIpc) is 3.33. The first-order chi connectivity index (χ1) is 16.3. The van der Waals surface area contributed by atoms with Crippen LogP contribution in [0.1, 0.15) is 49.2 Å². The third kappa shape index (κ3) is 6.60. The number of carbonyl (C=O) groups is 1. The Labute approximate surface area is 200 Å². The number of unbranched alkanes of at least 4 members (excludes halogenated alkanes) is 1. The Morgan fingerprint density at radius 1 is 1.06 bits per heavy atom. The minimum absolute atomic E-state index is 0.0719. The molecule has 2 aromatic carbocycles. The summed E-state index contributed by atoms with van der Waals surface area (Å²) in [6.45, 7) is 5.72. The molecule has 0 unspecified atom stereocenters. The highest BCUT2D eigenvalue weighted by Crippen LogP contribution is 2.28. The largest absolute Gasteiger partial charge is 0.467 e. The molecule has 0 aliphatic heterocycles. The van der Waals surface area contributed by atoms with Crippen molar-refractivity contribution in [2.45, 2.75) is 44.6 Å². The lowest BCUT2D eigenvalue weighted by atomic mass is 10.1. The number of furan rings is 1. The van der Waals surface area contributed by atoms with Crippen LogP contribution in [0.2, 0.25) is 0 Å². The Bertz CT molecular complexity index is 1180. The lowest BCUT2D eigenvalue weighted by Gasteiger charge is -2.26. The molecule has 1 heterocycles. The number of benzene rings is 2. The van der Waals surface area contributed by atoms with Gasteiger partial charge in [-0.05, 0) is 67.4 Å². The summed E-state index contributed by atoms with van der Waals surface area (Å²) in [7, 11) is -3.95. The van der Waals surface area contributed by atoms with Gasteiger partial charge in [0.05, 0.1) is 29.0 Å². The Morgan fingerprint density at radius 3 is 2.47 bits per heavy atom. The number of halogens is 1. The molecule has 0 atom stereocenters. The van der Waals surface area contributed by atoms with Crippen molar-refractivity contribution in [1.29, 1.82) is 0 Å². The molecule has 0 fully saturated rings. The summed E-state index contributed by atoms with van der Waals surface area (Å²) in [5, 5.41) is 2.88. The van der Waals surface area contributed by atoms with E-state index in [9.17, 15) is 17.6 Å². The van der Waals surface area contributed by atoms with Crippen molar-refractivity contribution in [2.24, 2.45) is 0 Å². The van der Waals surface area contributed by atoms with E-state index in [2.05, 4.69) is 21.9 Å². The van der Waals surface area contributed by atoms with Crippen LogP contribution in [0.5, 0.6) is 0 Å². The number of hydrogen-bond acceptors (Lipinski definition) is 5. The van der Waals surface area contributed by atoms with Crippen LogP contribution in [-0.4, -0.2) is 27.4 Å². The van der Waals surface area contributed by atoms with E-state index in [4.69, 9.17) is 4.42 Å². The molecule has 0 radical (unpaired) electrons. The maximum absolute atomic E-state index is 13.2. The monoisotopic (exact) mass is 487 g/mol. The van der Waals surface area contributed by atoms with Gasteiger partial charge < -0.3 is 14.6 Å². The molecule has 3 aromatic rings. The molecule has 182 valence electrons. The molecule has 0 aliphatic rings. The second-order valence-electron chi connectivity index (χ2n) is 7.90. The Hall–Kier alpha value is -3.33. The molecule has 9 heteroatoms. The predicted molar refractivity (Wildman–Crippen MR) is 131 cm³/mol. The first-order valence-corrected chi connectivity index (χ1v) is 12.8. The molecule has 3 rings (SSSR count). The molecule has 2 N–H and O–H groups in total. The lowest BCUT2D eigenvalue weighted by Crippen LogP contribution is -2.30. The third-order valence-corrected chi connectivity index (χ3v) is 6.60. The highest BCUT2D eigenvalue weighted by molar-refractivity contribution is 7.92. The summed E-state index contributed by atoms with van der Waals surface area (Å²) in [5.41, 5.74) is 1.28. The summed E-state index contributed by atoms with van der Waals surface area (Å²) >= 11 is 0. The van der Waals surface area contributed by atoms with E-state index in [-0.39, 0.29) is 16.5 Å². The van der Waals surface area contributed by atoms with E-state index in [1.165, 1.54) is 18.2 Å². The molecule has 0 saturated carbocycles. The van der Waals surface area contributed by atoms with E-state index >= 15 is 0 Å². The van der Waals surface area contributed by atoms with E-state index in [0.717, 1.165) is 37.2 Å². The predicted octanol–water partition coefficient (Wildman–Crippen LogP) is 5.17. The molecule has 1 aromatic heterocycles. The van der Waals surface area contributed by atoms with Crippen LogP contribution >= 0.6 is 0 Å². The van der Waals surface area contributed by atoms with Gasteiger partial charge in [-0.25, -0.2) is 12.8 Å². The summed E-state index contributed by atoms with van der Waals surface area (Å²) in [6.07, 6.45) is 4.26. The van der Waals surface area contributed by atoms with Crippen LogP contribution < -0.4 is 14.9 Å². The van der Waals surface area contributed by atoms with Gasteiger partial charge in [-0.1, -0.05) is 20.3 Å². The number of anilines is 2. The minimum atomic E-state index is -3.95. The summed E-state index contributed by atoms with van der Waals surface area (Å²) in [5.74, 6) is -0.0559. The van der Waals surface area contributed by atoms with Crippen molar-refractivity contribution in [3.05, 3.63) is 78.0 Å². The number of hydrogen-bond donors (Lipinski definition) is 2. The van der Waals surface area contributed by atoms with Crippen molar-refractivity contribution in [2.75, 3.05) is 22.7 Å².